The van der Waals surface area contributed by atoms with Gasteiger partial charge in [-0.05, 0) is 48.8 Å². The number of carboxylic acid groups (broad SMARTS) is 1. The highest BCUT2D eigenvalue weighted by molar-refractivity contribution is 5.67. The zero-order valence-electron chi connectivity index (χ0n) is 16.2. The van der Waals surface area contributed by atoms with Crippen LogP contribution in [0.15, 0.2) is 30.3 Å². The first-order valence-electron chi connectivity index (χ1n) is 10.0. The van der Waals surface area contributed by atoms with Crippen LogP contribution in [0.25, 0.3) is 0 Å². The molecule has 0 spiro atoms. The van der Waals surface area contributed by atoms with Crippen LogP contribution >= 0.6 is 0 Å². The van der Waals surface area contributed by atoms with Gasteiger partial charge in [-0.15, -0.1) is 0 Å². The van der Waals surface area contributed by atoms with E-state index in [-0.39, 0.29) is 18.1 Å². The average Bonchev–Trinajstić information content (AvgIpc) is 2.69. The summed E-state index contributed by atoms with van der Waals surface area (Å²) in [4.78, 5) is 12.7. The summed E-state index contributed by atoms with van der Waals surface area (Å²) in [6.45, 7) is 1.17. The summed E-state index contributed by atoms with van der Waals surface area (Å²) in [7, 11) is 0. The molecule has 0 bridgehead atoms. The van der Waals surface area contributed by atoms with Gasteiger partial charge >= 0.3 is 5.97 Å². The van der Waals surface area contributed by atoms with Gasteiger partial charge in [-0.25, -0.2) is 4.39 Å². The van der Waals surface area contributed by atoms with E-state index in [0.717, 1.165) is 36.8 Å². The third kappa shape index (κ3) is 4.19. The van der Waals surface area contributed by atoms with Gasteiger partial charge in [0, 0.05) is 31.6 Å². The predicted molar refractivity (Wildman–Crippen MR) is 107 cm³/mol. The first kappa shape index (κ1) is 19.3. The van der Waals surface area contributed by atoms with Crippen molar-refractivity contribution in [2.75, 3.05) is 11.4 Å². The maximum absolute atomic E-state index is 14.9. The molecule has 6 heteroatoms. The molecule has 1 aliphatic heterocycles. The first-order valence-corrected chi connectivity index (χ1v) is 10.0. The number of rotatable bonds is 6. The molecular formula is C23H23FN2O3. The lowest BCUT2D eigenvalue weighted by molar-refractivity contribution is -0.136. The number of aliphatic carboxylic acids is 1. The topological polar surface area (TPSA) is 73.6 Å². The minimum atomic E-state index is -0.804. The molecule has 1 N–H and O–H groups in total. The molecule has 1 aliphatic carbocycles. The normalized spacial score (nSPS) is 15.9. The fourth-order valence-electron chi connectivity index (χ4n) is 3.86. The van der Waals surface area contributed by atoms with Crippen LogP contribution in [0.1, 0.15) is 47.9 Å². The van der Waals surface area contributed by atoms with Crippen LogP contribution in [0.5, 0.6) is 5.75 Å². The van der Waals surface area contributed by atoms with E-state index in [0.29, 0.717) is 30.9 Å². The highest BCUT2D eigenvalue weighted by Gasteiger charge is 2.24. The molecule has 5 nitrogen and oxygen atoms in total. The number of ether oxygens (including phenoxy) is 1. The van der Waals surface area contributed by atoms with E-state index >= 15 is 0 Å². The van der Waals surface area contributed by atoms with E-state index in [1.165, 1.54) is 11.6 Å². The molecule has 2 aromatic carbocycles. The van der Waals surface area contributed by atoms with Crippen molar-refractivity contribution in [3.8, 4) is 11.8 Å². The molecule has 2 aliphatic rings. The van der Waals surface area contributed by atoms with Crippen LogP contribution in [0, 0.1) is 17.1 Å². The zero-order chi connectivity index (χ0) is 20.4. The number of carboxylic acids is 1. The third-order valence-electron chi connectivity index (χ3n) is 5.75. The molecule has 0 unspecified atom stereocenters. The maximum atomic E-state index is 14.9. The zero-order valence-corrected chi connectivity index (χ0v) is 16.2. The minimum Gasteiger partial charge on any atom is -0.490 e. The molecule has 1 heterocycles. The monoisotopic (exact) mass is 394 g/mol. The molecule has 4 rings (SSSR count). The average molecular weight is 394 g/mol. The Morgan fingerprint density at radius 3 is 2.79 bits per heavy atom. The molecular weight excluding hydrogens is 371 g/mol. The lowest BCUT2D eigenvalue weighted by Gasteiger charge is -2.32. The van der Waals surface area contributed by atoms with Crippen LogP contribution in [-0.4, -0.2) is 23.7 Å². The van der Waals surface area contributed by atoms with Crippen molar-refractivity contribution < 1.29 is 19.0 Å². The highest BCUT2D eigenvalue weighted by atomic mass is 19.1. The van der Waals surface area contributed by atoms with Gasteiger partial charge in [-0.2, -0.15) is 5.26 Å². The second kappa shape index (κ2) is 8.12. The molecule has 0 radical (unpaired) electrons. The molecule has 1 saturated carbocycles. The summed E-state index contributed by atoms with van der Waals surface area (Å²) in [5.41, 5.74) is 3.68. The Morgan fingerprint density at radius 1 is 1.28 bits per heavy atom. The fraction of sp³-hybridized carbons (Fsp3) is 0.391. The number of halogens is 1. The van der Waals surface area contributed by atoms with Crippen molar-refractivity contribution in [2.24, 2.45) is 0 Å². The summed E-state index contributed by atoms with van der Waals surface area (Å²) in [5, 5.41) is 18.2. The minimum absolute atomic E-state index is 0.00615. The SMILES string of the molecule is N#Cc1cc(OC2CCC2)cc(N2CCc3cc(CCC(=O)O)ccc3C2)c1F. The number of fused-ring (bicyclic) bond motifs is 1. The third-order valence-corrected chi connectivity index (χ3v) is 5.75. The Bertz CT molecular complexity index is 979. The molecule has 0 aromatic heterocycles. The van der Waals surface area contributed by atoms with E-state index in [1.807, 2.05) is 23.1 Å². The molecule has 0 amide bonds. The first-order chi connectivity index (χ1) is 14.0. The smallest absolute Gasteiger partial charge is 0.303 e. The highest BCUT2D eigenvalue weighted by Crippen LogP contribution is 2.34. The van der Waals surface area contributed by atoms with E-state index in [4.69, 9.17) is 9.84 Å². The Kier molecular flexibility index (Phi) is 5.39. The standard InChI is InChI=1S/C23H23FN2O3/c24-23-18(13-25)11-20(29-19-2-1-3-19)12-21(23)26-9-8-16-10-15(5-7-22(27)28)4-6-17(16)14-26/h4,6,10-12,19H,1-3,5,7-9,14H2,(H,27,28). The largest absolute Gasteiger partial charge is 0.490 e. The summed E-state index contributed by atoms with van der Waals surface area (Å²) in [6, 6.07) is 11.1. The van der Waals surface area contributed by atoms with Gasteiger partial charge in [0.05, 0.1) is 17.4 Å². The van der Waals surface area contributed by atoms with Gasteiger partial charge in [0.15, 0.2) is 5.82 Å². The van der Waals surface area contributed by atoms with Crippen LogP contribution in [-0.2, 0) is 24.2 Å². The number of hydrogen-bond acceptors (Lipinski definition) is 4. The van der Waals surface area contributed by atoms with Crippen molar-refractivity contribution in [3.05, 3.63) is 58.4 Å². The fourth-order valence-corrected chi connectivity index (χ4v) is 3.86. The number of nitriles is 1. The van der Waals surface area contributed by atoms with Gasteiger partial charge in [0.2, 0.25) is 0 Å². The second-order valence-electron chi connectivity index (χ2n) is 7.75. The van der Waals surface area contributed by atoms with Crippen molar-refractivity contribution in [1.82, 2.24) is 0 Å². The number of nitrogens with zero attached hydrogens (tertiary/aromatic N) is 2. The molecule has 1 fully saturated rings. The number of carbonyl (C=O) groups is 1. The van der Waals surface area contributed by atoms with Crippen molar-refractivity contribution in [2.45, 2.75) is 51.2 Å². The van der Waals surface area contributed by atoms with Crippen molar-refractivity contribution in [3.63, 3.8) is 0 Å². The van der Waals surface area contributed by atoms with E-state index in [1.54, 1.807) is 6.07 Å². The number of benzene rings is 2. The summed E-state index contributed by atoms with van der Waals surface area (Å²) >= 11 is 0. The lowest BCUT2D eigenvalue weighted by atomic mass is 9.95. The van der Waals surface area contributed by atoms with Gasteiger partial charge in [-0.3, -0.25) is 4.79 Å². The van der Waals surface area contributed by atoms with Gasteiger partial charge in [0.1, 0.15) is 11.8 Å². The van der Waals surface area contributed by atoms with E-state index in [2.05, 4.69) is 6.07 Å². The number of aryl methyl sites for hydroxylation is 1. The maximum Gasteiger partial charge on any atom is 0.303 e. The molecule has 0 saturated heterocycles. The lowest BCUT2D eigenvalue weighted by Crippen LogP contribution is -2.31. The van der Waals surface area contributed by atoms with Gasteiger partial charge < -0.3 is 14.7 Å². The second-order valence-corrected chi connectivity index (χ2v) is 7.75. The predicted octanol–water partition coefficient (Wildman–Crippen LogP) is 4.21. The Balaban J connectivity index is 1.56. The Hall–Kier alpha value is -3.07. The summed E-state index contributed by atoms with van der Waals surface area (Å²) in [5.74, 6) is -0.755. The number of anilines is 1. The van der Waals surface area contributed by atoms with Crippen LogP contribution < -0.4 is 9.64 Å². The summed E-state index contributed by atoms with van der Waals surface area (Å²) < 4.78 is 20.8. The Morgan fingerprint density at radius 2 is 2.10 bits per heavy atom. The van der Waals surface area contributed by atoms with Crippen molar-refractivity contribution in [1.29, 1.82) is 5.26 Å². The molecule has 2 aromatic rings. The molecule has 150 valence electrons. The van der Waals surface area contributed by atoms with Crippen LogP contribution in [0.4, 0.5) is 10.1 Å². The van der Waals surface area contributed by atoms with E-state index < -0.39 is 11.8 Å². The van der Waals surface area contributed by atoms with Crippen LogP contribution in [0.2, 0.25) is 0 Å². The Labute approximate surface area is 169 Å². The van der Waals surface area contributed by atoms with Gasteiger partial charge in [-0.1, -0.05) is 18.2 Å². The van der Waals surface area contributed by atoms with Crippen molar-refractivity contribution >= 4 is 11.7 Å². The molecule has 29 heavy (non-hydrogen) atoms. The van der Waals surface area contributed by atoms with E-state index in [9.17, 15) is 14.4 Å². The number of hydrogen-bond donors (Lipinski definition) is 1. The van der Waals surface area contributed by atoms with Crippen LogP contribution in [0.3, 0.4) is 0 Å². The molecule has 0 atom stereocenters. The summed E-state index contributed by atoms with van der Waals surface area (Å²) in [6.07, 6.45) is 4.65. The quantitative estimate of drug-likeness (QED) is 0.795. The van der Waals surface area contributed by atoms with Gasteiger partial charge in [0.25, 0.3) is 0 Å².